The number of anilines is 2. The van der Waals surface area contributed by atoms with Gasteiger partial charge < -0.3 is 20.2 Å². The van der Waals surface area contributed by atoms with Gasteiger partial charge in [0.15, 0.2) is 0 Å². The average molecular weight is 194 g/mol. The summed E-state index contributed by atoms with van der Waals surface area (Å²) in [4.78, 5) is 10.6. The molecule has 14 heavy (non-hydrogen) atoms. The predicted molar refractivity (Wildman–Crippen MR) is 49.7 cm³/mol. The molecular formula is C9H10N2O3. The number of hydrogen-bond donors (Lipinski definition) is 3. The molecule has 3 N–H and O–H groups in total. The van der Waals surface area contributed by atoms with E-state index >= 15 is 0 Å². The van der Waals surface area contributed by atoms with Gasteiger partial charge in [-0.15, -0.1) is 0 Å². The highest BCUT2D eigenvalue weighted by Crippen LogP contribution is 2.45. The van der Waals surface area contributed by atoms with E-state index in [9.17, 15) is 4.79 Å². The third-order valence-electron chi connectivity index (χ3n) is 2.79. The minimum Gasteiger partial charge on any atom is -0.475 e. The van der Waals surface area contributed by atoms with Gasteiger partial charge in [-0.25, -0.2) is 4.79 Å². The fourth-order valence-electron chi connectivity index (χ4n) is 1.72. The Morgan fingerprint density at radius 2 is 2.36 bits per heavy atom. The first-order valence-corrected chi connectivity index (χ1v) is 4.58. The van der Waals surface area contributed by atoms with Crippen LogP contribution in [0, 0.1) is 0 Å². The van der Waals surface area contributed by atoms with E-state index in [2.05, 4.69) is 10.6 Å². The molecule has 1 saturated carbocycles. The van der Waals surface area contributed by atoms with Gasteiger partial charge >= 0.3 is 5.97 Å². The second-order valence-corrected chi connectivity index (χ2v) is 3.92. The van der Waals surface area contributed by atoms with Crippen molar-refractivity contribution in [2.45, 2.75) is 18.4 Å². The van der Waals surface area contributed by atoms with Crippen LogP contribution in [0.5, 0.6) is 0 Å². The Morgan fingerprint density at radius 3 is 3.00 bits per heavy atom. The normalized spacial score (nSPS) is 20.9. The first kappa shape index (κ1) is 7.73. The van der Waals surface area contributed by atoms with E-state index < -0.39 is 5.97 Å². The number of carboxylic acids is 1. The van der Waals surface area contributed by atoms with Gasteiger partial charge in [-0.1, -0.05) is 0 Å². The van der Waals surface area contributed by atoms with Crippen LogP contribution in [0.4, 0.5) is 11.6 Å². The minimum absolute atomic E-state index is 0.0206. The fraction of sp³-hybridized carbons (Fsp3) is 0.444. The monoisotopic (exact) mass is 194 g/mol. The van der Waals surface area contributed by atoms with Crippen LogP contribution in [-0.2, 0) is 0 Å². The van der Waals surface area contributed by atoms with Gasteiger partial charge in [0.1, 0.15) is 0 Å². The summed E-state index contributed by atoms with van der Waals surface area (Å²) in [6.07, 6.45) is 2.23. The number of fused-ring (bicyclic) bond motifs is 1. The van der Waals surface area contributed by atoms with Gasteiger partial charge in [-0.3, -0.25) is 0 Å². The van der Waals surface area contributed by atoms with Gasteiger partial charge in [-0.2, -0.15) is 0 Å². The Morgan fingerprint density at radius 1 is 1.57 bits per heavy atom. The maximum atomic E-state index is 10.6. The Hall–Kier alpha value is -1.65. The summed E-state index contributed by atoms with van der Waals surface area (Å²) in [6, 6.07) is 1.51. The first-order valence-electron chi connectivity index (χ1n) is 4.58. The third-order valence-corrected chi connectivity index (χ3v) is 2.79. The summed E-state index contributed by atoms with van der Waals surface area (Å²) in [5.74, 6) is -0.494. The van der Waals surface area contributed by atoms with Crippen molar-refractivity contribution >= 4 is 17.5 Å². The molecule has 1 aromatic rings. The number of furan rings is 1. The highest BCUT2D eigenvalue weighted by atomic mass is 16.4. The molecule has 1 spiro atoms. The zero-order valence-electron chi connectivity index (χ0n) is 7.46. The SMILES string of the molecule is O=C(O)c1cc2c(o1)NC1(CC1)CN2. The summed E-state index contributed by atoms with van der Waals surface area (Å²) in [5.41, 5.74) is 0.876. The van der Waals surface area contributed by atoms with Crippen LogP contribution in [0.15, 0.2) is 10.5 Å². The lowest BCUT2D eigenvalue weighted by Gasteiger charge is -2.23. The fourth-order valence-corrected chi connectivity index (χ4v) is 1.72. The van der Waals surface area contributed by atoms with E-state index in [1.807, 2.05) is 0 Å². The molecule has 5 nitrogen and oxygen atoms in total. The van der Waals surface area contributed by atoms with Crippen molar-refractivity contribution < 1.29 is 14.3 Å². The molecule has 0 aromatic carbocycles. The number of rotatable bonds is 1. The molecule has 0 bridgehead atoms. The molecule has 5 heteroatoms. The maximum Gasteiger partial charge on any atom is 0.371 e. The molecular weight excluding hydrogens is 184 g/mol. The number of aromatic carboxylic acids is 1. The van der Waals surface area contributed by atoms with Crippen LogP contribution in [0.3, 0.4) is 0 Å². The van der Waals surface area contributed by atoms with E-state index in [4.69, 9.17) is 9.52 Å². The lowest BCUT2D eigenvalue weighted by atomic mass is 10.2. The summed E-state index contributed by atoms with van der Waals surface area (Å²) < 4.78 is 5.17. The van der Waals surface area contributed by atoms with E-state index in [1.54, 1.807) is 0 Å². The van der Waals surface area contributed by atoms with Crippen molar-refractivity contribution in [1.29, 1.82) is 0 Å². The zero-order chi connectivity index (χ0) is 9.76. The summed E-state index contributed by atoms with van der Waals surface area (Å²) >= 11 is 0. The standard InChI is InChI=1S/C9H10N2O3/c12-8(13)6-3-5-7(14-6)11-9(1-2-9)4-10-5/h3,10-11H,1-2,4H2,(H,12,13). The van der Waals surface area contributed by atoms with Gasteiger partial charge in [-0.05, 0) is 12.8 Å². The summed E-state index contributed by atoms with van der Waals surface area (Å²) in [5, 5.41) is 15.1. The Bertz CT molecular complexity index is 406. The van der Waals surface area contributed by atoms with Gasteiger partial charge in [0.05, 0.1) is 11.2 Å². The highest BCUT2D eigenvalue weighted by Gasteiger charge is 2.46. The molecule has 0 saturated heterocycles. The second-order valence-electron chi connectivity index (χ2n) is 3.92. The molecule has 2 heterocycles. The summed E-state index contributed by atoms with van der Waals surface area (Å²) in [6.45, 7) is 0.846. The molecule has 1 aromatic heterocycles. The molecule has 0 unspecified atom stereocenters. The quantitative estimate of drug-likeness (QED) is 0.629. The molecule has 1 aliphatic carbocycles. The van der Waals surface area contributed by atoms with Crippen molar-refractivity contribution in [2.75, 3.05) is 17.2 Å². The van der Waals surface area contributed by atoms with Crippen molar-refractivity contribution in [3.05, 3.63) is 11.8 Å². The van der Waals surface area contributed by atoms with Crippen molar-refractivity contribution in [3.63, 3.8) is 0 Å². The van der Waals surface area contributed by atoms with Gasteiger partial charge in [0.2, 0.25) is 11.6 Å². The van der Waals surface area contributed by atoms with Crippen LogP contribution in [0.2, 0.25) is 0 Å². The van der Waals surface area contributed by atoms with Crippen LogP contribution in [0.1, 0.15) is 23.4 Å². The molecule has 2 aliphatic rings. The van der Waals surface area contributed by atoms with Gasteiger partial charge in [0, 0.05) is 12.6 Å². The smallest absolute Gasteiger partial charge is 0.371 e. The van der Waals surface area contributed by atoms with Crippen LogP contribution in [-0.4, -0.2) is 23.2 Å². The highest BCUT2D eigenvalue weighted by molar-refractivity contribution is 5.88. The van der Waals surface area contributed by atoms with Gasteiger partial charge in [0.25, 0.3) is 0 Å². The molecule has 1 fully saturated rings. The van der Waals surface area contributed by atoms with Crippen LogP contribution in [0.25, 0.3) is 0 Å². The lowest BCUT2D eigenvalue weighted by Crippen LogP contribution is -2.34. The van der Waals surface area contributed by atoms with E-state index in [0.717, 1.165) is 25.1 Å². The van der Waals surface area contributed by atoms with Crippen molar-refractivity contribution in [2.24, 2.45) is 0 Å². The summed E-state index contributed by atoms with van der Waals surface area (Å²) in [7, 11) is 0. The molecule has 3 rings (SSSR count). The largest absolute Gasteiger partial charge is 0.475 e. The van der Waals surface area contributed by atoms with E-state index in [0.29, 0.717) is 5.88 Å². The number of carboxylic acid groups (broad SMARTS) is 1. The third kappa shape index (κ3) is 0.982. The molecule has 0 radical (unpaired) electrons. The number of carbonyl (C=O) groups is 1. The first-order chi connectivity index (χ1) is 6.69. The van der Waals surface area contributed by atoms with Crippen molar-refractivity contribution in [1.82, 2.24) is 0 Å². The maximum absolute atomic E-state index is 10.6. The van der Waals surface area contributed by atoms with E-state index in [-0.39, 0.29) is 11.3 Å². The lowest BCUT2D eigenvalue weighted by molar-refractivity contribution is 0.0663. The van der Waals surface area contributed by atoms with Crippen molar-refractivity contribution in [3.8, 4) is 0 Å². The van der Waals surface area contributed by atoms with E-state index in [1.165, 1.54) is 6.07 Å². The Balaban J connectivity index is 1.97. The van der Waals surface area contributed by atoms with Crippen LogP contribution >= 0.6 is 0 Å². The molecule has 0 atom stereocenters. The predicted octanol–water partition coefficient (Wildman–Crippen LogP) is 1.35. The molecule has 74 valence electrons. The average Bonchev–Trinajstić information content (AvgIpc) is 2.76. The zero-order valence-corrected chi connectivity index (χ0v) is 7.46. The molecule has 0 amide bonds. The van der Waals surface area contributed by atoms with Crippen LogP contribution < -0.4 is 10.6 Å². The number of nitrogens with one attached hydrogen (secondary N) is 2. The Kier molecular flexibility index (Phi) is 1.23. The second kappa shape index (κ2) is 2.23. The number of hydrogen-bond acceptors (Lipinski definition) is 4. The molecule has 1 aliphatic heterocycles. The Labute approximate surface area is 80.1 Å². The topological polar surface area (TPSA) is 74.5 Å². The minimum atomic E-state index is -1.03.